The van der Waals surface area contributed by atoms with Crippen LogP contribution in [0.15, 0.2) is 54.6 Å². The zero-order valence-electron chi connectivity index (χ0n) is 16.2. The molecule has 0 aliphatic carbocycles. The number of anilines is 1. The van der Waals surface area contributed by atoms with E-state index in [9.17, 15) is 9.59 Å². The standard InChI is InChI=1S/C23H28N2O2/c1-17-9-8-10-18(2)25(17)23(27)20-13-6-7-14-21(20)24-22(26)16-15-19-11-4-3-5-12-19/h3-7,11-14,17-18H,8-10,15-16H2,1-2H3,(H,24,26)/t17-,18-/m0/s1. The molecule has 0 aromatic heterocycles. The van der Waals surface area contributed by atoms with E-state index in [0.29, 0.717) is 24.1 Å². The molecule has 4 heteroatoms. The molecule has 0 bridgehead atoms. The Balaban J connectivity index is 1.70. The quantitative estimate of drug-likeness (QED) is 0.839. The van der Waals surface area contributed by atoms with Gasteiger partial charge in [-0.25, -0.2) is 0 Å². The first-order valence-electron chi connectivity index (χ1n) is 9.81. The fourth-order valence-electron chi connectivity index (χ4n) is 3.85. The van der Waals surface area contributed by atoms with E-state index in [1.165, 1.54) is 0 Å². The highest BCUT2D eigenvalue weighted by Gasteiger charge is 2.30. The van der Waals surface area contributed by atoms with Gasteiger partial charge < -0.3 is 10.2 Å². The maximum Gasteiger partial charge on any atom is 0.256 e. The van der Waals surface area contributed by atoms with E-state index in [-0.39, 0.29) is 23.9 Å². The molecule has 4 nitrogen and oxygen atoms in total. The lowest BCUT2D eigenvalue weighted by Gasteiger charge is -2.39. The van der Waals surface area contributed by atoms with Crippen LogP contribution >= 0.6 is 0 Å². The van der Waals surface area contributed by atoms with Gasteiger partial charge in [0.05, 0.1) is 11.3 Å². The molecule has 142 valence electrons. The van der Waals surface area contributed by atoms with E-state index in [2.05, 4.69) is 19.2 Å². The van der Waals surface area contributed by atoms with Gasteiger partial charge in [0.15, 0.2) is 0 Å². The van der Waals surface area contributed by atoms with Crippen molar-refractivity contribution in [2.75, 3.05) is 5.32 Å². The third kappa shape index (κ3) is 4.76. The molecule has 0 spiro atoms. The Kier molecular flexibility index (Phi) is 6.28. The normalized spacial score (nSPS) is 19.6. The van der Waals surface area contributed by atoms with Crippen LogP contribution in [0.2, 0.25) is 0 Å². The number of hydrogen-bond acceptors (Lipinski definition) is 2. The van der Waals surface area contributed by atoms with Crippen LogP contribution in [0, 0.1) is 0 Å². The van der Waals surface area contributed by atoms with Crippen molar-refractivity contribution in [3.8, 4) is 0 Å². The summed E-state index contributed by atoms with van der Waals surface area (Å²) in [6, 6.07) is 17.7. The van der Waals surface area contributed by atoms with Gasteiger partial charge in [-0.15, -0.1) is 0 Å². The minimum Gasteiger partial charge on any atom is -0.333 e. The lowest BCUT2D eigenvalue weighted by molar-refractivity contribution is -0.116. The van der Waals surface area contributed by atoms with Crippen molar-refractivity contribution in [3.63, 3.8) is 0 Å². The predicted octanol–water partition coefficient (Wildman–Crippen LogP) is 4.66. The molecule has 1 saturated heterocycles. The van der Waals surface area contributed by atoms with Crippen LogP contribution in [0.4, 0.5) is 5.69 Å². The third-order valence-electron chi connectivity index (χ3n) is 5.34. The van der Waals surface area contributed by atoms with E-state index >= 15 is 0 Å². The van der Waals surface area contributed by atoms with Gasteiger partial charge in [0.2, 0.25) is 5.91 Å². The van der Waals surface area contributed by atoms with Gasteiger partial charge in [-0.05, 0) is 57.2 Å². The summed E-state index contributed by atoms with van der Waals surface area (Å²) in [5.41, 5.74) is 2.31. The molecule has 1 N–H and O–H groups in total. The molecule has 1 aliphatic heterocycles. The number of aryl methyl sites for hydroxylation is 1. The maximum atomic E-state index is 13.2. The molecule has 1 fully saturated rings. The molecular weight excluding hydrogens is 336 g/mol. The fourth-order valence-corrected chi connectivity index (χ4v) is 3.85. The number of nitrogens with zero attached hydrogens (tertiary/aromatic N) is 1. The molecule has 2 aromatic rings. The minimum absolute atomic E-state index is 0.00802. The Labute approximate surface area is 161 Å². The Bertz CT molecular complexity index is 778. The number of likely N-dealkylation sites (tertiary alicyclic amines) is 1. The second-order valence-corrected chi connectivity index (χ2v) is 7.42. The minimum atomic E-state index is -0.0705. The summed E-state index contributed by atoms with van der Waals surface area (Å²) in [5, 5.41) is 2.94. The fraction of sp³-hybridized carbons (Fsp3) is 0.391. The summed E-state index contributed by atoms with van der Waals surface area (Å²) >= 11 is 0. The molecule has 1 aliphatic rings. The molecule has 2 amide bonds. The van der Waals surface area contributed by atoms with E-state index in [1.54, 1.807) is 0 Å². The van der Waals surface area contributed by atoms with E-state index in [4.69, 9.17) is 0 Å². The molecule has 0 radical (unpaired) electrons. The average molecular weight is 364 g/mol. The number of nitrogens with one attached hydrogen (secondary N) is 1. The second kappa shape index (κ2) is 8.85. The summed E-state index contributed by atoms with van der Waals surface area (Å²) in [5.74, 6) is -0.0625. The number of hydrogen-bond donors (Lipinski definition) is 1. The van der Waals surface area contributed by atoms with Gasteiger partial charge in [0.1, 0.15) is 0 Å². The number of benzene rings is 2. The molecular formula is C23H28N2O2. The Morgan fingerprint density at radius 3 is 2.30 bits per heavy atom. The first kappa shape index (κ1) is 19.2. The number of rotatable bonds is 5. The van der Waals surface area contributed by atoms with Crippen molar-refractivity contribution >= 4 is 17.5 Å². The Hall–Kier alpha value is -2.62. The monoisotopic (exact) mass is 364 g/mol. The first-order valence-corrected chi connectivity index (χ1v) is 9.81. The van der Waals surface area contributed by atoms with E-state index < -0.39 is 0 Å². The Morgan fingerprint density at radius 2 is 1.59 bits per heavy atom. The summed E-state index contributed by atoms with van der Waals surface area (Å²) < 4.78 is 0. The van der Waals surface area contributed by atoms with Crippen LogP contribution in [-0.4, -0.2) is 28.8 Å². The highest BCUT2D eigenvalue weighted by atomic mass is 16.2. The molecule has 2 atom stereocenters. The SMILES string of the molecule is C[C@H]1CCC[C@H](C)N1C(=O)c1ccccc1NC(=O)CCc1ccccc1. The van der Waals surface area contributed by atoms with Crippen molar-refractivity contribution in [3.05, 3.63) is 65.7 Å². The number of piperidine rings is 1. The zero-order valence-corrected chi connectivity index (χ0v) is 16.2. The number of para-hydroxylation sites is 1. The lowest BCUT2D eigenvalue weighted by atomic mass is 9.96. The van der Waals surface area contributed by atoms with Crippen LogP contribution in [-0.2, 0) is 11.2 Å². The molecule has 0 unspecified atom stereocenters. The zero-order chi connectivity index (χ0) is 19.2. The van der Waals surface area contributed by atoms with Gasteiger partial charge in [-0.2, -0.15) is 0 Å². The lowest BCUT2D eigenvalue weighted by Crippen LogP contribution is -2.47. The summed E-state index contributed by atoms with van der Waals surface area (Å²) in [4.78, 5) is 27.6. The van der Waals surface area contributed by atoms with Crippen LogP contribution in [0.3, 0.4) is 0 Å². The van der Waals surface area contributed by atoms with Crippen molar-refractivity contribution < 1.29 is 9.59 Å². The molecule has 1 heterocycles. The van der Waals surface area contributed by atoms with Crippen LogP contribution in [0.25, 0.3) is 0 Å². The molecule has 2 aromatic carbocycles. The topological polar surface area (TPSA) is 49.4 Å². The van der Waals surface area contributed by atoms with E-state index in [0.717, 1.165) is 24.8 Å². The number of carbonyl (C=O) groups excluding carboxylic acids is 2. The largest absolute Gasteiger partial charge is 0.333 e. The summed E-state index contributed by atoms with van der Waals surface area (Å²) in [6.07, 6.45) is 4.29. The first-order chi connectivity index (χ1) is 13.1. The third-order valence-corrected chi connectivity index (χ3v) is 5.34. The van der Waals surface area contributed by atoms with Crippen LogP contribution in [0.5, 0.6) is 0 Å². The number of amides is 2. The Morgan fingerprint density at radius 1 is 0.963 bits per heavy atom. The summed E-state index contributed by atoms with van der Waals surface area (Å²) in [6.45, 7) is 4.21. The number of carbonyl (C=O) groups is 2. The van der Waals surface area contributed by atoms with Crippen molar-refractivity contribution in [1.82, 2.24) is 4.90 Å². The molecule has 3 rings (SSSR count). The van der Waals surface area contributed by atoms with Crippen molar-refractivity contribution in [2.45, 2.75) is 58.0 Å². The maximum absolute atomic E-state index is 13.2. The van der Waals surface area contributed by atoms with Gasteiger partial charge in [0.25, 0.3) is 5.91 Å². The van der Waals surface area contributed by atoms with Crippen LogP contribution < -0.4 is 5.32 Å². The highest BCUT2D eigenvalue weighted by Crippen LogP contribution is 2.27. The molecule has 0 saturated carbocycles. The van der Waals surface area contributed by atoms with Gasteiger partial charge in [0, 0.05) is 18.5 Å². The van der Waals surface area contributed by atoms with Gasteiger partial charge in [-0.1, -0.05) is 42.5 Å². The second-order valence-electron chi connectivity index (χ2n) is 7.42. The predicted molar refractivity (Wildman–Crippen MR) is 109 cm³/mol. The van der Waals surface area contributed by atoms with Crippen molar-refractivity contribution in [1.29, 1.82) is 0 Å². The van der Waals surface area contributed by atoms with Crippen LogP contribution in [0.1, 0.15) is 55.5 Å². The average Bonchev–Trinajstić information content (AvgIpc) is 2.67. The molecule has 27 heavy (non-hydrogen) atoms. The van der Waals surface area contributed by atoms with Crippen molar-refractivity contribution in [2.24, 2.45) is 0 Å². The van der Waals surface area contributed by atoms with Gasteiger partial charge >= 0.3 is 0 Å². The highest BCUT2D eigenvalue weighted by molar-refractivity contribution is 6.04. The van der Waals surface area contributed by atoms with Gasteiger partial charge in [-0.3, -0.25) is 9.59 Å². The summed E-state index contributed by atoms with van der Waals surface area (Å²) in [7, 11) is 0. The smallest absolute Gasteiger partial charge is 0.256 e. The van der Waals surface area contributed by atoms with E-state index in [1.807, 2.05) is 59.5 Å².